The number of thiophene rings is 1. The predicted molar refractivity (Wildman–Crippen MR) is 123 cm³/mol. The molecule has 0 fully saturated rings. The van der Waals surface area contributed by atoms with Crippen LogP contribution in [0.1, 0.15) is 22.0 Å². The lowest BCUT2D eigenvalue weighted by Crippen LogP contribution is -2.41. The molecule has 32 heavy (non-hydrogen) atoms. The van der Waals surface area contributed by atoms with Crippen LogP contribution in [0.4, 0.5) is 11.4 Å². The molecular weight excluding hydrogens is 430 g/mol. The number of hydrogen-bond acceptors (Lipinski definition) is 7. The number of rotatable bonds is 7. The van der Waals surface area contributed by atoms with Crippen molar-refractivity contribution in [3.05, 3.63) is 80.0 Å². The van der Waals surface area contributed by atoms with Crippen LogP contribution in [0.25, 0.3) is 0 Å². The molecule has 0 aliphatic carbocycles. The van der Waals surface area contributed by atoms with Crippen molar-refractivity contribution in [2.45, 2.75) is 12.5 Å². The number of carbonyl (C=O) groups is 1. The fourth-order valence-electron chi connectivity index (χ4n) is 4.06. The molecule has 0 bridgehead atoms. The molecule has 0 saturated heterocycles. The number of amides is 1. The van der Waals surface area contributed by atoms with E-state index in [-0.39, 0.29) is 29.9 Å². The minimum Gasteiger partial charge on any atom is -0.493 e. The average molecular weight is 454 g/mol. The molecule has 1 atom stereocenters. The molecule has 8 nitrogen and oxygen atoms in total. The predicted octanol–water partition coefficient (Wildman–Crippen LogP) is 4.26. The SMILES string of the molecule is COc1cc2c(cc1OC)C(c1cccs1)N(CC(=O)Nc1ccccc1[N+](=O)[O-])CC2. The van der Waals surface area contributed by atoms with Crippen molar-refractivity contribution in [3.8, 4) is 11.5 Å². The summed E-state index contributed by atoms with van der Waals surface area (Å²) in [4.78, 5) is 26.9. The van der Waals surface area contributed by atoms with Gasteiger partial charge in [0.2, 0.25) is 5.91 Å². The van der Waals surface area contributed by atoms with Gasteiger partial charge in [0, 0.05) is 17.5 Å². The molecule has 9 heteroatoms. The third kappa shape index (κ3) is 4.30. The first-order chi connectivity index (χ1) is 15.5. The number of nitrogens with one attached hydrogen (secondary N) is 1. The van der Waals surface area contributed by atoms with Crippen LogP contribution in [0.3, 0.4) is 0 Å². The van der Waals surface area contributed by atoms with Crippen molar-refractivity contribution in [1.82, 2.24) is 4.90 Å². The molecule has 1 amide bonds. The van der Waals surface area contributed by atoms with Gasteiger partial charge >= 0.3 is 0 Å². The molecule has 3 aromatic rings. The minimum absolute atomic E-state index is 0.0996. The first kappa shape index (κ1) is 21.8. The van der Waals surface area contributed by atoms with Crippen molar-refractivity contribution < 1.29 is 19.2 Å². The smallest absolute Gasteiger partial charge is 0.292 e. The standard InChI is InChI=1S/C23H23N3O5S/c1-30-19-12-15-9-10-25(14-22(27)24-17-6-3-4-7-18(17)26(28)29)23(21-8-5-11-32-21)16(15)13-20(19)31-2/h3-8,11-13,23H,9-10,14H2,1-2H3,(H,24,27). The Hall–Kier alpha value is -3.43. The van der Waals surface area contributed by atoms with Gasteiger partial charge in [-0.15, -0.1) is 11.3 Å². The maximum atomic E-state index is 12.9. The Morgan fingerprint density at radius 1 is 1.19 bits per heavy atom. The lowest BCUT2D eigenvalue weighted by atomic mass is 9.91. The molecule has 0 spiro atoms. The van der Waals surface area contributed by atoms with E-state index in [1.807, 2.05) is 29.6 Å². The molecule has 0 saturated carbocycles. The topological polar surface area (TPSA) is 93.9 Å². The van der Waals surface area contributed by atoms with Crippen LogP contribution in [-0.2, 0) is 11.2 Å². The summed E-state index contributed by atoms with van der Waals surface area (Å²) in [7, 11) is 3.22. The first-order valence-corrected chi connectivity index (χ1v) is 10.9. The van der Waals surface area contributed by atoms with Crippen LogP contribution in [0.15, 0.2) is 53.9 Å². The van der Waals surface area contributed by atoms with E-state index >= 15 is 0 Å². The van der Waals surface area contributed by atoms with Gasteiger partial charge in [-0.05, 0) is 47.2 Å². The summed E-state index contributed by atoms with van der Waals surface area (Å²) < 4.78 is 11.0. The second-order valence-electron chi connectivity index (χ2n) is 7.37. The van der Waals surface area contributed by atoms with Gasteiger partial charge in [-0.2, -0.15) is 0 Å². The Morgan fingerprint density at radius 2 is 1.94 bits per heavy atom. The number of ether oxygens (including phenoxy) is 2. The van der Waals surface area contributed by atoms with E-state index in [0.29, 0.717) is 18.0 Å². The fraction of sp³-hybridized carbons (Fsp3) is 0.261. The molecule has 1 N–H and O–H groups in total. The quantitative estimate of drug-likeness (QED) is 0.424. The molecule has 4 rings (SSSR count). The van der Waals surface area contributed by atoms with Gasteiger partial charge in [-0.1, -0.05) is 18.2 Å². The summed E-state index contributed by atoms with van der Waals surface area (Å²) in [6, 6.07) is 14.0. The monoisotopic (exact) mass is 453 g/mol. The highest BCUT2D eigenvalue weighted by atomic mass is 32.1. The summed E-state index contributed by atoms with van der Waals surface area (Å²) in [5.74, 6) is 1.02. The van der Waals surface area contributed by atoms with Crippen molar-refractivity contribution in [1.29, 1.82) is 0 Å². The van der Waals surface area contributed by atoms with Crippen LogP contribution >= 0.6 is 11.3 Å². The van der Waals surface area contributed by atoms with E-state index in [4.69, 9.17) is 9.47 Å². The van der Waals surface area contributed by atoms with Gasteiger partial charge < -0.3 is 14.8 Å². The zero-order valence-electron chi connectivity index (χ0n) is 17.7. The summed E-state index contributed by atoms with van der Waals surface area (Å²) >= 11 is 1.62. The van der Waals surface area contributed by atoms with E-state index in [2.05, 4.69) is 10.2 Å². The fourth-order valence-corrected chi connectivity index (χ4v) is 4.94. The lowest BCUT2D eigenvalue weighted by molar-refractivity contribution is -0.383. The second-order valence-corrected chi connectivity index (χ2v) is 8.35. The molecule has 0 radical (unpaired) electrons. The molecule has 2 aromatic carbocycles. The lowest BCUT2D eigenvalue weighted by Gasteiger charge is -2.37. The molecule has 2 heterocycles. The number of hydrogen-bond donors (Lipinski definition) is 1. The molecule has 1 aromatic heterocycles. The van der Waals surface area contributed by atoms with E-state index in [1.54, 1.807) is 37.7 Å². The number of benzene rings is 2. The number of nitro groups is 1. The Bertz CT molecular complexity index is 1130. The highest BCUT2D eigenvalue weighted by Crippen LogP contribution is 2.42. The zero-order valence-corrected chi connectivity index (χ0v) is 18.6. The van der Waals surface area contributed by atoms with Crippen molar-refractivity contribution >= 4 is 28.6 Å². The third-order valence-corrected chi connectivity index (χ3v) is 6.43. The highest BCUT2D eigenvalue weighted by molar-refractivity contribution is 7.10. The van der Waals surface area contributed by atoms with Gasteiger partial charge in [-0.3, -0.25) is 19.8 Å². The Kier molecular flexibility index (Phi) is 6.38. The maximum absolute atomic E-state index is 12.9. The van der Waals surface area contributed by atoms with Crippen LogP contribution < -0.4 is 14.8 Å². The minimum atomic E-state index is -0.499. The highest BCUT2D eigenvalue weighted by Gasteiger charge is 2.32. The molecule has 1 aliphatic heterocycles. The first-order valence-electron chi connectivity index (χ1n) is 10.1. The zero-order chi connectivity index (χ0) is 22.7. The average Bonchev–Trinajstić information content (AvgIpc) is 3.32. The van der Waals surface area contributed by atoms with Crippen molar-refractivity contribution in [2.75, 3.05) is 32.6 Å². The largest absolute Gasteiger partial charge is 0.493 e. The number of methoxy groups -OCH3 is 2. The number of nitro benzene ring substituents is 1. The van der Waals surface area contributed by atoms with E-state index in [0.717, 1.165) is 22.4 Å². The summed E-state index contributed by atoms with van der Waals surface area (Å²) in [6.07, 6.45) is 0.746. The van der Waals surface area contributed by atoms with Gasteiger partial charge in [0.1, 0.15) is 5.69 Å². The molecule has 166 valence electrons. The van der Waals surface area contributed by atoms with Gasteiger partial charge in [0.25, 0.3) is 5.69 Å². The molecule has 1 aliphatic rings. The summed E-state index contributed by atoms with van der Waals surface area (Å²) in [5, 5.41) is 16.0. The number of anilines is 1. The van der Waals surface area contributed by atoms with Gasteiger partial charge in [0.05, 0.1) is 31.7 Å². The Morgan fingerprint density at radius 3 is 2.62 bits per heavy atom. The number of carbonyl (C=O) groups excluding carboxylic acids is 1. The molecule has 1 unspecified atom stereocenters. The van der Waals surface area contributed by atoms with Gasteiger partial charge in [-0.25, -0.2) is 0 Å². The maximum Gasteiger partial charge on any atom is 0.292 e. The Labute approximate surface area is 189 Å². The van der Waals surface area contributed by atoms with Crippen molar-refractivity contribution in [2.24, 2.45) is 0 Å². The normalized spacial score (nSPS) is 15.6. The number of para-hydroxylation sites is 2. The summed E-state index contributed by atoms with van der Waals surface area (Å²) in [5.41, 5.74) is 2.28. The number of fused-ring (bicyclic) bond motifs is 1. The van der Waals surface area contributed by atoms with Crippen molar-refractivity contribution in [3.63, 3.8) is 0 Å². The van der Waals surface area contributed by atoms with Crippen LogP contribution in [0, 0.1) is 10.1 Å². The van der Waals surface area contributed by atoms with Crippen LogP contribution in [0.5, 0.6) is 11.5 Å². The summed E-state index contributed by atoms with van der Waals surface area (Å²) in [6.45, 7) is 0.762. The van der Waals surface area contributed by atoms with Gasteiger partial charge in [0.15, 0.2) is 11.5 Å². The third-order valence-electron chi connectivity index (χ3n) is 5.51. The van der Waals surface area contributed by atoms with Crippen LogP contribution in [0.2, 0.25) is 0 Å². The van der Waals surface area contributed by atoms with E-state index in [9.17, 15) is 14.9 Å². The second kappa shape index (κ2) is 9.37. The Balaban J connectivity index is 1.63. The van der Waals surface area contributed by atoms with E-state index < -0.39 is 4.92 Å². The van der Waals surface area contributed by atoms with Crippen LogP contribution in [-0.4, -0.2) is 43.0 Å². The number of nitrogens with zero attached hydrogens (tertiary/aromatic N) is 2. The molecular formula is C23H23N3O5S. The van der Waals surface area contributed by atoms with E-state index in [1.165, 1.54) is 12.1 Å².